The topological polar surface area (TPSA) is 93.8 Å². The number of pyridine rings is 1. The molecule has 1 N–H and O–H groups in total. The Bertz CT molecular complexity index is 1030. The Hall–Kier alpha value is -3.04. The van der Waals surface area contributed by atoms with Crippen molar-refractivity contribution in [3.05, 3.63) is 72.2 Å². The fourth-order valence-electron chi connectivity index (χ4n) is 2.23. The van der Waals surface area contributed by atoms with Gasteiger partial charge in [0.2, 0.25) is 5.13 Å². The SMILES string of the molecule is O=C(Nc1nnc(SCc2ccccc2)s1)c1cc(-c2cccnc2)on1. The Morgan fingerprint density at radius 2 is 2.04 bits per heavy atom. The van der Waals surface area contributed by atoms with Gasteiger partial charge < -0.3 is 4.52 Å². The minimum atomic E-state index is -0.398. The van der Waals surface area contributed by atoms with E-state index in [2.05, 4.69) is 37.8 Å². The zero-order valence-electron chi connectivity index (χ0n) is 13.9. The van der Waals surface area contributed by atoms with Gasteiger partial charge in [0.25, 0.3) is 5.91 Å². The maximum atomic E-state index is 12.3. The molecule has 1 amide bonds. The molecule has 1 aromatic carbocycles. The first-order valence-corrected chi connectivity index (χ1v) is 9.77. The van der Waals surface area contributed by atoms with Crippen LogP contribution in [0.5, 0.6) is 0 Å². The van der Waals surface area contributed by atoms with E-state index in [-0.39, 0.29) is 5.69 Å². The molecule has 0 bridgehead atoms. The lowest BCUT2D eigenvalue weighted by atomic mass is 10.2. The van der Waals surface area contributed by atoms with E-state index in [0.717, 1.165) is 15.7 Å². The van der Waals surface area contributed by atoms with Crippen molar-refractivity contribution < 1.29 is 9.32 Å². The third kappa shape index (κ3) is 4.39. The van der Waals surface area contributed by atoms with Crippen LogP contribution in [0.3, 0.4) is 0 Å². The summed E-state index contributed by atoms with van der Waals surface area (Å²) >= 11 is 2.89. The van der Waals surface area contributed by atoms with E-state index in [9.17, 15) is 4.79 Å². The summed E-state index contributed by atoms with van der Waals surface area (Å²) in [5.74, 6) is 0.871. The molecule has 3 heterocycles. The van der Waals surface area contributed by atoms with Crippen LogP contribution in [-0.2, 0) is 5.75 Å². The Balaban J connectivity index is 1.37. The van der Waals surface area contributed by atoms with Crippen LogP contribution in [0.25, 0.3) is 11.3 Å². The Morgan fingerprint density at radius 1 is 1.15 bits per heavy atom. The molecule has 0 radical (unpaired) electrons. The number of benzene rings is 1. The molecule has 3 aromatic heterocycles. The van der Waals surface area contributed by atoms with Gasteiger partial charge in [0.05, 0.1) is 0 Å². The number of hydrogen-bond acceptors (Lipinski definition) is 8. The number of anilines is 1. The van der Waals surface area contributed by atoms with Crippen molar-refractivity contribution in [1.29, 1.82) is 0 Å². The van der Waals surface area contributed by atoms with Crippen LogP contribution in [0.2, 0.25) is 0 Å². The molecule has 7 nitrogen and oxygen atoms in total. The van der Waals surface area contributed by atoms with Gasteiger partial charge in [-0.25, -0.2) is 0 Å². The highest BCUT2D eigenvalue weighted by Gasteiger charge is 2.16. The largest absolute Gasteiger partial charge is 0.355 e. The van der Waals surface area contributed by atoms with Gasteiger partial charge in [-0.05, 0) is 17.7 Å². The smallest absolute Gasteiger partial charge is 0.279 e. The van der Waals surface area contributed by atoms with Crippen molar-refractivity contribution in [2.45, 2.75) is 10.1 Å². The average molecular weight is 395 g/mol. The Kier molecular flexibility index (Phi) is 5.22. The minimum absolute atomic E-state index is 0.169. The molecular formula is C18H13N5O2S2. The third-order valence-corrected chi connectivity index (χ3v) is 5.56. The molecular weight excluding hydrogens is 382 g/mol. The number of rotatable bonds is 6. The average Bonchev–Trinajstić information content (AvgIpc) is 3.38. The lowest BCUT2D eigenvalue weighted by molar-refractivity contribution is 0.101. The lowest BCUT2D eigenvalue weighted by Gasteiger charge is -1.97. The molecule has 0 spiro atoms. The third-order valence-electron chi connectivity index (χ3n) is 3.52. The summed E-state index contributed by atoms with van der Waals surface area (Å²) < 4.78 is 6.00. The van der Waals surface area contributed by atoms with Gasteiger partial charge in [0, 0.05) is 29.8 Å². The molecule has 0 atom stereocenters. The van der Waals surface area contributed by atoms with Crippen LogP contribution in [0, 0.1) is 0 Å². The van der Waals surface area contributed by atoms with Crippen LogP contribution in [0.4, 0.5) is 5.13 Å². The summed E-state index contributed by atoms with van der Waals surface area (Å²) in [6, 6.07) is 15.3. The van der Waals surface area contributed by atoms with E-state index in [0.29, 0.717) is 10.9 Å². The number of aromatic nitrogens is 4. The van der Waals surface area contributed by atoms with Crippen molar-refractivity contribution in [2.24, 2.45) is 0 Å². The zero-order valence-corrected chi connectivity index (χ0v) is 15.5. The predicted octanol–water partition coefficient (Wildman–Crippen LogP) is 4.13. The van der Waals surface area contributed by atoms with E-state index >= 15 is 0 Å². The van der Waals surface area contributed by atoms with Gasteiger partial charge in [-0.3, -0.25) is 15.1 Å². The molecule has 0 saturated carbocycles. The van der Waals surface area contributed by atoms with E-state index in [1.807, 2.05) is 24.3 Å². The van der Waals surface area contributed by atoms with Gasteiger partial charge in [-0.1, -0.05) is 58.6 Å². The Labute approximate surface area is 162 Å². The monoisotopic (exact) mass is 395 g/mol. The van der Waals surface area contributed by atoms with E-state index in [1.165, 1.54) is 16.9 Å². The van der Waals surface area contributed by atoms with Gasteiger partial charge in [0.15, 0.2) is 15.8 Å². The maximum absolute atomic E-state index is 12.3. The van der Waals surface area contributed by atoms with Crippen molar-refractivity contribution >= 4 is 34.1 Å². The number of thioether (sulfide) groups is 1. The standard InChI is InChI=1S/C18H13N5O2S2/c24-16(14-9-15(25-23-14)13-7-4-8-19-10-13)20-17-21-22-18(27-17)26-11-12-5-2-1-3-6-12/h1-10H,11H2,(H,20,21,24). The highest BCUT2D eigenvalue weighted by atomic mass is 32.2. The molecule has 9 heteroatoms. The highest BCUT2D eigenvalue weighted by Crippen LogP contribution is 2.28. The van der Waals surface area contributed by atoms with E-state index < -0.39 is 5.91 Å². The number of amides is 1. The fraction of sp³-hybridized carbons (Fsp3) is 0.0556. The molecule has 0 aliphatic heterocycles. The summed E-state index contributed by atoms with van der Waals surface area (Å²) in [6.07, 6.45) is 3.31. The van der Waals surface area contributed by atoms with Crippen LogP contribution in [-0.4, -0.2) is 26.2 Å². The van der Waals surface area contributed by atoms with Crippen molar-refractivity contribution in [2.75, 3.05) is 5.32 Å². The molecule has 27 heavy (non-hydrogen) atoms. The first-order valence-electron chi connectivity index (χ1n) is 7.96. The van der Waals surface area contributed by atoms with Crippen molar-refractivity contribution in [1.82, 2.24) is 20.3 Å². The van der Waals surface area contributed by atoms with Crippen molar-refractivity contribution in [3.63, 3.8) is 0 Å². The van der Waals surface area contributed by atoms with Gasteiger partial charge in [-0.15, -0.1) is 10.2 Å². The summed E-state index contributed by atoms with van der Waals surface area (Å²) in [6.45, 7) is 0. The lowest BCUT2D eigenvalue weighted by Crippen LogP contribution is -2.11. The molecule has 4 aromatic rings. The number of carbonyl (C=O) groups is 1. The first kappa shape index (κ1) is 17.4. The second-order valence-electron chi connectivity index (χ2n) is 5.42. The number of hydrogen-bond donors (Lipinski definition) is 1. The van der Waals surface area contributed by atoms with Gasteiger partial charge in [0.1, 0.15) is 0 Å². The molecule has 0 saturated heterocycles. The van der Waals surface area contributed by atoms with Gasteiger partial charge in [-0.2, -0.15) is 0 Å². The molecule has 0 aliphatic carbocycles. The first-order chi connectivity index (χ1) is 13.3. The molecule has 0 unspecified atom stereocenters. The fourth-order valence-corrected chi connectivity index (χ4v) is 3.93. The van der Waals surface area contributed by atoms with Crippen LogP contribution >= 0.6 is 23.1 Å². The molecule has 0 fully saturated rings. The van der Waals surface area contributed by atoms with E-state index in [1.54, 1.807) is 36.3 Å². The highest BCUT2D eigenvalue weighted by molar-refractivity contribution is 8.00. The number of nitrogens with zero attached hydrogens (tertiary/aromatic N) is 4. The predicted molar refractivity (Wildman–Crippen MR) is 104 cm³/mol. The number of carbonyl (C=O) groups excluding carboxylic acids is 1. The summed E-state index contributed by atoms with van der Waals surface area (Å²) in [5, 5.41) is 15.0. The minimum Gasteiger partial charge on any atom is -0.355 e. The maximum Gasteiger partial charge on any atom is 0.279 e. The molecule has 4 rings (SSSR count). The summed E-state index contributed by atoms with van der Waals surface area (Å²) in [7, 11) is 0. The zero-order chi connectivity index (χ0) is 18.5. The van der Waals surface area contributed by atoms with Crippen LogP contribution in [0.1, 0.15) is 16.1 Å². The summed E-state index contributed by atoms with van der Waals surface area (Å²) in [4.78, 5) is 16.3. The molecule has 0 aliphatic rings. The molecule has 134 valence electrons. The van der Waals surface area contributed by atoms with Gasteiger partial charge >= 0.3 is 0 Å². The van der Waals surface area contributed by atoms with E-state index in [4.69, 9.17) is 4.52 Å². The van der Waals surface area contributed by atoms with Crippen LogP contribution in [0.15, 0.2) is 69.8 Å². The second-order valence-corrected chi connectivity index (χ2v) is 7.62. The quantitative estimate of drug-likeness (QED) is 0.387. The van der Waals surface area contributed by atoms with Crippen molar-refractivity contribution in [3.8, 4) is 11.3 Å². The van der Waals surface area contributed by atoms with Crippen LogP contribution < -0.4 is 5.32 Å². The Morgan fingerprint density at radius 3 is 2.85 bits per heavy atom. The number of nitrogens with one attached hydrogen (secondary N) is 1. The second kappa shape index (κ2) is 8.11. The normalized spacial score (nSPS) is 10.7. The summed E-state index contributed by atoms with van der Waals surface area (Å²) in [5.41, 5.74) is 2.12.